The molecule has 1 aromatic carbocycles. The Hall–Kier alpha value is -1.50. The van der Waals surface area contributed by atoms with Gasteiger partial charge in [-0.15, -0.1) is 0 Å². The molecule has 0 radical (unpaired) electrons. The molecule has 1 rings (SSSR count). The third-order valence-corrected chi connectivity index (χ3v) is 2.58. The predicted octanol–water partition coefficient (Wildman–Crippen LogP) is 3.08. The van der Waals surface area contributed by atoms with Crippen LogP contribution in [0.25, 0.3) is 0 Å². The van der Waals surface area contributed by atoms with Gasteiger partial charge in [-0.3, -0.25) is 5.43 Å². The number of ether oxygens (including phenoxy) is 1. The van der Waals surface area contributed by atoms with Crippen molar-refractivity contribution in [3.8, 4) is 0 Å². The fourth-order valence-corrected chi connectivity index (χ4v) is 1.44. The van der Waals surface area contributed by atoms with Crippen molar-refractivity contribution in [2.24, 2.45) is 5.10 Å². The van der Waals surface area contributed by atoms with E-state index in [1.54, 1.807) is 6.92 Å². The van der Waals surface area contributed by atoms with Crippen molar-refractivity contribution < 1.29 is 18.3 Å². The average Bonchev–Trinajstić information content (AvgIpc) is 2.32. The minimum absolute atomic E-state index is 0.0773. The summed E-state index contributed by atoms with van der Waals surface area (Å²) >= 11 is 3.04. The standard InChI is InChI=1S/C11H11BrF2N2O2/c1-3-18-11(17)6(2)15-16-10-5-9(14)8(13)4-7(10)12/h4-5,16H,3H2,1-2H3/b15-6-. The molecule has 98 valence electrons. The minimum Gasteiger partial charge on any atom is -0.461 e. The summed E-state index contributed by atoms with van der Waals surface area (Å²) in [4.78, 5) is 11.2. The molecular formula is C11H11BrF2N2O2. The van der Waals surface area contributed by atoms with Crippen molar-refractivity contribution in [2.75, 3.05) is 12.0 Å². The van der Waals surface area contributed by atoms with Crippen molar-refractivity contribution in [3.63, 3.8) is 0 Å². The van der Waals surface area contributed by atoms with Gasteiger partial charge in [0.2, 0.25) is 0 Å². The Bertz CT molecular complexity index is 492. The molecule has 0 fully saturated rings. The van der Waals surface area contributed by atoms with Crippen LogP contribution in [-0.2, 0) is 9.53 Å². The number of nitrogens with one attached hydrogen (secondary N) is 1. The second kappa shape index (κ2) is 6.44. The number of nitrogens with zero attached hydrogens (tertiary/aromatic N) is 1. The first-order chi connectivity index (χ1) is 8.45. The first-order valence-electron chi connectivity index (χ1n) is 5.07. The van der Waals surface area contributed by atoms with Crippen molar-refractivity contribution in [1.29, 1.82) is 0 Å². The lowest BCUT2D eigenvalue weighted by molar-refractivity contribution is -0.135. The van der Waals surface area contributed by atoms with Gasteiger partial charge in [-0.25, -0.2) is 13.6 Å². The topological polar surface area (TPSA) is 50.7 Å². The lowest BCUT2D eigenvalue weighted by atomic mass is 10.3. The molecule has 0 aliphatic carbocycles. The van der Waals surface area contributed by atoms with Crippen molar-refractivity contribution in [1.82, 2.24) is 0 Å². The summed E-state index contributed by atoms with van der Waals surface area (Å²) in [7, 11) is 0. The van der Waals surface area contributed by atoms with E-state index in [1.165, 1.54) is 6.92 Å². The lowest BCUT2D eigenvalue weighted by Crippen LogP contribution is -2.15. The normalized spacial score (nSPS) is 11.3. The molecule has 1 N–H and O–H groups in total. The average molecular weight is 321 g/mol. The Morgan fingerprint density at radius 1 is 1.44 bits per heavy atom. The van der Waals surface area contributed by atoms with Gasteiger partial charge in [-0.05, 0) is 35.8 Å². The van der Waals surface area contributed by atoms with E-state index >= 15 is 0 Å². The quantitative estimate of drug-likeness (QED) is 0.401. The van der Waals surface area contributed by atoms with Gasteiger partial charge in [-0.1, -0.05) is 0 Å². The largest absolute Gasteiger partial charge is 0.461 e. The van der Waals surface area contributed by atoms with Gasteiger partial charge in [0.05, 0.1) is 12.3 Å². The molecule has 0 atom stereocenters. The van der Waals surface area contributed by atoms with Crippen LogP contribution in [0.4, 0.5) is 14.5 Å². The number of hydrogen-bond acceptors (Lipinski definition) is 4. The maximum atomic E-state index is 13.0. The van der Waals surface area contributed by atoms with Gasteiger partial charge >= 0.3 is 5.97 Å². The van der Waals surface area contributed by atoms with Crippen LogP contribution in [0, 0.1) is 11.6 Å². The first-order valence-corrected chi connectivity index (χ1v) is 5.87. The second-order valence-corrected chi connectivity index (χ2v) is 4.13. The Balaban J connectivity index is 2.83. The molecule has 0 unspecified atom stereocenters. The summed E-state index contributed by atoms with van der Waals surface area (Å²) in [6.45, 7) is 3.35. The number of hydrazone groups is 1. The molecule has 0 bridgehead atoms. The highest BCUT2D eigenvalue weighted by molar-refractivity contribution is 9.10. The number of halogens is 3. The maximum absolute atomic E-state index is 13.0. The zero-order chi connectivity index (χ0) is 13.7. The number of rotatable bonds is 4. The van der Waals surface area contributed by atoms with Crippen LogP contribution in [0.15, 0.2) is 21.7 Å². The van der Waals surface area contributed by atoms with Gasteiger partial charge in [-0.2, -0.15) is 5.10 Å². The molecule has 18 heavy (non-hydrogen) atoms. The highest BCUT2D eigenvalue weighted by Gasteiger charge is 2.09. The summed E-state index contributed by atoms with van der Waals surface area (Å²) in [5.41, 5.74) is 2.74. The summed E-state index contributed by atoms with van der Waals surface area (Å²) in [5.74, 6) is -2.56. The highest BCUT2D eigenvalue weighted by Crippen LogP contribution is 2.25. The van der Waals surface area contributed by atoms with Gasteiger partial charge in [0.1, 0.15) is 5.71 Å². The maximum Gasteiger partial charge on any atom is 0.354 e. The Morgan fingerprint density at radius 2 is 2.06 bits per heavy atom. The fourth-order valence-electron chi connectivity index (χ4n) is 1.03. The molecular weight excluding hydrogens is 310 g/mol. The number of esters is 1. The third kappa shape index (κ3) is 3.76. The van der Waals surface area contributed by atoms with Crippen molar-refractivity contribution in [2.45, 2.75) is 13.8 Å². The van der Waals surface area contributed by atoms with Crippen LogP contribution < -0.4 is 5.43 Å². The van der Waals surface area contributed by atoms with E-state index in [4.69, 9.17) is 4.74 Å². The molecule has 0 aliphatic heterocycles. The number of benzene rings is 1. The molecule has 0 saturated heterocycles. The minimum atomic E-state index is -1.01. The van der Waals surface area contributed by atoms with Crippen LogP contribution in [0.2, 0.25) is 0 Å². The van der Waals surface area contributed by atoms with Crippen LogP contribution >= 0.6 is 15.9 Å². The van der Waals surface area contributed by atoms with E-state index in [1.807, 2.05) is 0 Å². The van der Waals surface area contributed by atoms with E-state index < -0.39 is 17.6 Å². The monoisotopic (exact) mass is 320 g/mol. The molecule has 7 heteroatoms. The van der Waals surface area contributed by atoms with Gasteiger partial charge in [0.15, 0.2) is 11.6 Å². The number of carbonyl (C=O) groups excluding carboxylic acids is 1. The van der Waals surface area contributed by atoms with E-state index in [0.29, 0.717) is 4.47 Å². The first kappa shape index (κ1) is 14.6. The van der Waals surface area contributed by atoms with E-state index in [0.717, 1.165) is 12.1 Å². The summed E-state index contributed by atoms with van der Waals surface area (Å²) in [5, 5.41) is 3.72. The fraction of sp³-hybridized carbons (Fsp3) is 0.273. The highest BCUT2D eigenvalue weighted by atomic mass is 79.9. The van der Waals surface area contributed by atoms with E-state index in [9.17, 15) is 13.6 Å². The van der Waals surface area contributed by atoms with Crippen molar-refractivity contribution >= 4 is 33.3 Å². The predicted molar refractivity (Wildman–Crippen MR) is 67.4 cm³/mol. The molecule has 0 aromatic heterocycles. The van der Waals surface area contributed by atoms with Gasteiger partial charge < -0.3 is 4.74 Å². The molecule has 0 amide bonds. The van der Waals surface area contributed by atoms with E-state index in [2.05, 4.69) is 26.5 Å². The molecule has 0 saturated carbocycles. The third-order valence-electron chi connectivity index (χ3n) is 1.92. The smallest absolute Gasteiger partial charge is 0.354 e. The summed E-state index contributed by atoms with van der Waals surface area (Å²) < 4.78 is 30.8. The zero-order valence-corrected chi connectivity index (χ0v) is 11.3. The molecule has 4 nitrogen and oxygen atoms in total. The lowest BCUT2D eigenvalue weighted by Gasteiger charge is -2.06. The van der Waals surface area contributed by atoms with Crippen molar-refractivity contribution in [3.05, 3.63) is 28.2 Å². The summed E-state index contributed by atoms with van der Waals surface area (Å²) in [6, 6.07) is 1.90. The molecule has 0 heterocycles. The molecule has 1 aromatic rings. The second-order valence-electron chi connectivity index (χ2n) is 3.28. The Morgan fingerprint density at radius 3 is 2.67 bits per heavy atom. The molecule has 0 spiro atoms. The van der Waals surface area contributed by atoms with Crippen LogP contribution in [0.3, 0.4) is 0 Å². The van der Waals surface area contributed by atoms with Gasteiger partial charge in [0.25, 0.3) is 0 Å². The van der Waals surface area contributed by atoms with Gasteiger partial charge in [0, 0.05) is 10.5 Å². The number of anilines is 1. The van der Waals surface area contributed by atoms with Crippen LogP contribution in [-0.4, -0.2) is 18.3 Å². The van der Waals surface area contributed by atoms with Crippen LogP contribution in [0.5, 0.6) is 0 Å². The zero-order valence-electron chi connectivity index (χ0n) is 9.76. The number of carbonyl (C=O) groups is 1. The Labute approximate surface area is 111 Å². The van der Waals surface area contributed by atoms with E-state index in [-0.39, 0.29) is 18.0 Å². The molecule has 0 aliphatic rings. The summed E-state index contributed by atoms with van der Waals surface area (Å²) in [6.07, 6.45) is 0. The van der Waals surface area contributed by atoms with Crippen LogP contribution in [0.1, 0.15) is 13.8 Å². The number of hydrogen-bond donors (Lipinski definition) is 1. The Kier molecular flexibility index (Phi) is 5.21. The SMILES string of the molecule is CCOC(=O)/C(C)=N\Nc1cc(F)c(F)cc1Br.